The Morgan fingerprint density at radius 2 is 2.31 bits per heavy atom. The Kier molecular flexibility index (Phi) is 5.25. The maximum absolute atomic E-state index is 5.94. The van der Waals surface area contributed by atoms with E-state index >= 15 is 0 Å². The second-order valence-electron chi connectivity index (χ2n) is 3.33. The molecule has 4 nitrogen and oxygen atoms in total. The summed E-state index contributed by atoms with van der Waals surface area (Å²) in [7, 11) is 1.64. The normalized spacial score (nSPS) is 11.6. The van der Waals surface area contributed by atoms with Crippen molar-refractivity contribution >= 4 is 17.4 Å². The first-order chi connectivity index (χ1) is 7.69. The smallest absolute Gasteiger partial charge is 0.142 e. The van der Waals surface area contributed by atoms with Crippen molar-refractivity contribution in [3.63, 3.8) is 0 Å². The molecule has 0 aromatic heterocycles. The van der Waals surface area contributed by atoms with E-state index in [1.807, 2.05) is 25.1 Å². The van der Waals surface area contributed by atoms with Gasteiger partial charge in [0, 0.05) is 17.7 Å². The Bertz CT molecular complexity index is 379. The number of aryl methyl sites for hydroxylation is 1. The summed E-state index contributed by atoms with van der Waals surface area (Å²) in [5.74, 6) is 6.06. The first-order valence-electron chi connectivity index (χ1n) is 4.95. The topological polar surface area (TPSA) is 59.6 Å². The van der Waals surface area contributed by atoms with E-state index in [0.29, 0.717) is 19.0 Å². The first kappa shape index (κ1) is 13.0. The predicted octanol–water partition coefficient (Wildman–Crippen LogP) is 1.50. The molecule has 88 valence electrons. The predicted molar refractivity (Wildman–Crippen MR) is 66.8 cm³/mol. The van der Waals surface area contributed by atoms with Gasteiger partial charge in [-0.2, -0.15) is 0 Å². The van der Waals surface area contributed by atoms with E-state index < -0.39 is 0 Å². The van der Waals surface area contributed by atoms with Crippen molar-refractivity contribution in [3.05, 3.63) is 34.3 Å². The van der Waals surface area contributed by atoms with Gasteiger partial charge in [0.15, 0.2) is 0 Å². The number of halogens is 1. The molecule has 0 saturated heterocycles. The van der Waals surface area contributed by atoms with Gasteiger partial charge in [-0.25, -0.2) is 5.84 Å². The third kappa shape index (κ3) is 3.48. The highest BCUT2D eigenvalue weighted by atomic mass is 35.5. The van der Waals surface area contributed by atoms with Crippen LogP contribution in [0.1, 0.15) is 11.1 Å². The van der Waals surface area contributed by atoms with Crippen LogP contribution in [0.25, 0.3) is 0 Å². The van der Waals surface area contributed by atoms with Gasteiger partial charge >= 0.3 is 0 Å². The Morgan fingerprint density at radius 3 is 2.88 bits per heavy atom. The third-order valence-corrected chi connectivity index (χ3v) is 2.56. The van der Waals surface area contributed by atoms with Crippen molar-refractivity contribution in [2.24, 2.45) is 10.8 Å². The van der Waals surface area contributed by atoms with E-state index in [-0.39, 0.29) is 0 Å². The summed E-state index contributed by atoms with van der Waals surface area (Å²) >= 11 is 5.94. The monoisotopic (exact) mass is 241 g/mol. The molecule has 0 heterocycles. The van der Waals surface area contributed by atoms with Crippen LogP contribution < -0.4 is 11.3 Å². The lowest BCUT2D eigenvalue weighted by Gasteiger charge is -2.07. The lowest BCUT2D eigenvalue weighted by Crippen LogP contribution is -2.31. The zero-order chi connectivity index (χ0) is 12.0. The molecule has 0 spiro atoms. The molecule has 1 aromatic rings. The molecule has 0 aliphatic heterocycles. The second kappa shape index (κ2) is 6.48. The van der Waals surface area contributed by atoms with Crippen LogP contribution in [0.15, 0.2) is 23.2 Å². The van der Waals surface area contributed by atoms with Gasteiger partial charge < -0.3 is 10.2 Å². The molecule has 0 bridgehead atoms. The van der Waals surface area contributed by atoms with Gasteiger partial charge in [-0.1, -0.05) is 11.6 Å². The SMILES string of the molecule is COCCN=C(NN)c1ccc(Cl)c(C)c1. The number of benzene rings is 1. The Morgan fingerprint density at radius 1 is 1.56 bits per heavy atom. The molecule has 0 aliphatic rings. The number of rotatable bonds is 4. The quantitative estimate of drug-likeness (QED) is 0.276. The summed E-state index contributed by atoms with van der Waals surface area (Å²) in [4.78, 5) is 4.29. The van der Waals surface area contributed by atoms with Crippen LogP contribution in [0.3, 0.4) is 0 Å². The van der Waals surface area contributed by atoms with Crippen molar-refractivity contribution in [1.82, 2.24) is 5.43 Å². The fourth-order valence-electron chi connectivity index (χ4n) is 1.26. The number of nitrogens with one attached hydrogen (secondary N) is 1. The number of ether oxygens (including phenoxy) is 1. The molecule has 1 aromatic carbocycles. The lowest BCUT2D eigenvalue weighted by atomic mass is 10.1. The van der Waals surface area contributed by atoms with E-state index in [1.54, 1.807) is 7.11 Å². The fraction of sp³-hybridized carbons (Fsp3) is 0.364. The Labute approximate surface area is 100 Å². The van der Waals surface area contributed by atoms with Crippen LogP contribution in [0, 0.1) is 6.92 Å². The van der Waals surface area contributed by atoms with Crippen LogP contribution in [-0.4, -0.2) is 26.1 Å². The second-order valence-corrected chi connectivity index (χ2v) is 3.74. The summed E-state index contributed by atoms with van der Waals surface area (Å²) in [6.45, 7) is 3.07. The van der Waals surface area contributed by atoms with E-state index in [9.17, 15) is 0 Å². The van der Waals surface area contributed by atoms with Crippen molar-refractivity contribution < 1.29 is 4.74 Å². The van der Waals surface area contributed by atoms with Crippen molar-refractivity contribution in [1.29, 1.82) is 0 Å². The van der Waals surface area contributed by atoms with E-state index in [4.69, 9.17) is 22.2 Å². The maximum atomic E-state index is 5.94. The van der Waals surface area contributed by atoms with Crippen LogP contribution in [0.5, 0.6) is 0 Å². The molecular formula is C11H16ClN3O. The summed E-state index contributed by atoms with van der Waals surface area (Å²) in [5, 5.41) is 0.733. The number of hydrogen-bond acceptors (Lipinski definition) is 3. The molecule has 0 amide bonds. The molecule has 16 heavy (non-hydrogen) atoms. The van der Waals surface area contributed by atoms with Gasteiger partial charge in [0.2, 0.25) is 0 Å². The van der Waals surface area contributed by atoms with Gasteiger partial charge in [0.05, 0.1) is 13.2 Å². The minimum atomic E-state index is 0.567. The van der Waals surface area contributed by atoms with E-state index in [1.165, 1.54) is 0 Å². The molecule has 5 heteroatoms. The van der Waals surface area contributed by atoms with Crippen LogP contribution >= 0.6 is 11.6 Å². The van der Waals surface area contributed by atoms with E-state index in [0.717, 1.165) is 16.1 Å². The number of hydrogen-bond donors (Lipinski definition) is 2. The molecule has 0 aliphatic carbocycles. The van der Waals surface area contributed by atoms with Gasteiger partial charge in [-0.05, 0) is 30.7 Å². The number of amidine groups is 1. The number of nitrogens with zero attached hydrogens (tertiary/aromatic N) is 1. The van der Waals surface area contributed by atoms with Gasteiger partial charge in [0.25, 0.3) is 0 Å². The zero-order valence-electron chi connectivity index (χ0n) is 9.46. The Balaban J connectivity index is 2.86. The van der Waals surface area contributed by atoms with Gasteiger partial charge in [-0.3, -0.25) is 4.99 Å². The molecule has 0 fully saturated rings. The Hall–Kier alpha value is -1.10. The van der Waals surface area contributed by atoms with Crippen LogP contribution in [0.2, 0.25) is 5.02 Å². The largest absolute Gasteiger partial charge is 0.383 e. The highest BCUT2D eigenvalue weighted by Gasteiger charge is 2.03. The number of aliphatic imine (C=N–C) groups is 1. The van der Waals surface area contributed by atoms with Gasteiger partial charge in [0.1, 0.15) is 5.84 Å². The fourth-order valence-corrected chi connectivity index (χ4v) is 1.38. The van der Waals surface area contributed by atoms with E-state index in [2.05, 4.69) is 10.4 Å². The average Bonchev–Trinajstić information content (AvgIpc) is 2.29. The van der Waals surface area contributed by atoms with Crippen LogP contribution in [0.4, 0.5) is 0 Å². The number of methoxy groups -OCH3 is 1. The molecule has 3 N–H and O–H groups in total. The summed E-state index contributed by atoms with van der Waals surface area (Å²) in [5.41, 5.74) is 4.49. The molecule has 0 unspecified atom stereocenters. The molecular weight excluding hydrogens is 226 g/mol. The maximum Gasteiger partial charge on any atom is 0.142 e. The lowest BCUT2D eigenvalue weighted by molar-refractivity contribution is 0.208. The summed E-state index contributed by atoms with van der Waals surface area (Å²) in [6.07, 6.45) is 0. The first-order valence-corrected chi connectivity index (χ1v) is 5.33. The third-order valence-electron chi connectivity index (χ3n) is 2.13. The van der Waals surface area contributed by atoms with Crippen molar-refractivity contribution in [2.45, 2.75) is 6.92 Å². The number of hydrazine groups is 1. The highest BCUT2D eigenvalue weighted by molar-refractivity contribution is 6.31. The standard InChI is InChI=1S/C11H16ClN3O/c1-8-7-9(3-4-10(8)12)11(15-13)14-5-6-16-2/h3-4,7H,5-6,13H2,1-2H3,(H,14,15). The molecule has 0 saturated carbocycles. The molecule has 0 atom stereocenters. The summed E-state index contributed by atoms with van der Waals surface area (Å²) < 4.78 is 4.92. The highest BCUT2D eigenvalue weighted by Crippen LogP contribution is 2.16. The molecule has 1 rings (SSSR count). The minimum absolute atomic E-state index is 0.567. The van der Waals surface area contributed by atoms with Crippen molar-refractivity contribution in [3.8, 4) is 0 Å². The van der Waals surface area contributed by atoms with Crippen molar-refractivity contribution in [2.75, 3.05) is 20.3 Å². The zero-order valence-corrected chi connectivity index (χ0v) is 10.2. The summed E-state index contributed by atoms with van der Waals surface area (Å²) in [6, 6.07) is 5.64. The molecule has 0 radical (unpaired) electrons. The minimum Gasteiger partial charge on any atom is -0.383 e. The van der Waals surface area contributed by atoms with Gasteiger partial charge in [-0.15, -0.1) is 0 Å². The van der Waals surface area contributed by atoms with Crippen LogP contribution in [-0.2, 0) is 4.74 Å². The average molecular weight is 242 g/mol. The number of nitrogens with two attached hydrogens (primary N) is 1.